The van der Waals surface area contributed by atoms with Crippen LogP contribution in [0.4, 0.5) is 0 Å². The molecule has 0 atom stereocenters. The van der Waals surface area contributed by atoms with Gasteiger partial charge < -0.3 is 0 Å². The lowest BCUT2D eigenvalue weighted by Crippen LogP contribution is -2.32. The first-order chi connectivity index (χ1) is 19.9. The van der Waals surface area contributed by atoms with Gasteiger partial charge in [-0.25, -0.2) is 4.57 Å². The molecule has 1 aliphatic rings. The molecule has 0 fully saturated rings. The van der Waals surface area contributed by atoms with Gasteiger partial charge in [0, 0.05) is 21.2 Å². The van der Waals surface area contributed by atoms with Crippen LogP contribution in [0.15, 0.2) is 64.5 Å². The molecular formula is C40H48NS+. The van der Waals surface area contributed by atoms with Crippen molar-refractivity contribution >= 4 is 44.1 Å². The third kappa shape index (κ3) is 5.37. The van der Waals surface area contributed by atoms with E-state index in [1.807, 2.05) is 11.8 Å². The normalized spacial score (nSPS) is 14.1. The number of rotatable bonds is 3. The zero-order valence-electron chi connectivity index (χ0n) is 28.6. The molecule has 0 unspecified atom stereocenters. The average Bonchev–Trinajstić information content (AvgIpc) is 2.86. The van der Waals surface area contributed by atoms with Gasteiger partial charge in [0.2, 0.25) is 5.69 Å². The summed E-state index contributed by atoms with van der Waals surface area (Å²) in [6, 6.07) is 18.7. The van der Waals surface area contributed by atoms with Crippen LogP contribution in [-0.4, -0.2) is 0 Å². The Hall–Kier alpha value is -2.84. The monoisotopic (exact) mass is 575 g/mol. The Balaban J connectivity index is 1.73. The van der Waals surface area contributed by atoms with Crippen molar-refractivity contribution in [3.8, 4) is 11.3 Å². The highest BCUT2D eigenvalue weighted by molar-refractivity contribution is 8.00. The Kier molecular flexibility index (Phi) is 6.55. The van der Waals surface area contributed by atoms with Crippen LogP contribution in [0, 0.1) is 23.2 Å². The van der Waals surface area contributed by atoms with Crippen molar-refractivity contribution < 1.29 is 5.94 Å². The van der Waals surface area contributed by atoms with Crippen molar-refractivity contribution in [2.24, 2.45) is 23.3 Å². The number of benzene rings is 4. The lowest BCUT2D eigenvalue weighted by atomic mass is 9.81. The van der Waals surface area contributed by atoms with Gasteiger partial charge in [-0.3, -0.25) is 0 Å². The minimum Gasteiger partial charge on any atom is -0.200 e. The van der Waals surface area contributed by atoms with Crippen molar-refractivity contribution in [1.29, 1.82) is 0 Å². The van der Waals surface area contributed by atoms with E-state index in [0.29, 0.717) is 6.17 Å². The second-order valence-corrected chi connectivity index (χ2v) is 17.5. The molecule has 1 aliphatic heterocycles. The van der Waals surface area contributed by atoms with Crippen molar-refractivity contribution in [3.05, 3.63) is 77.0 Å². The number of hydrogen-bond donors (Lipinski definition) is 0. The second-order valence-electron chi connectivity index (χ2n) is 16.4. The van der Waals surface area contributed by atoms with Gasteiger partial charge in [0.15, 0.2) is 6.17 Å². The average molecular weight is 576 g/mol. The lowest BCUT2D eigenvalue weighted by molar-refractivity contribution is -0.659. The summed E-state index contributed by atoms with van der Waals surface area (Å²) in [6.07, 6.45) is 3.64. The highest BCUT2D eigenvalue weighted by atomic mass is 32.2. The lowest BCUT2D eigenvalue weighted by Gasteiger charge is -2.28. The molecule has 6 rings (SSSR count). The first-order valence-electron chi connectivity index (χ1n) is 16.1. The minimum atomic E-state index is 0.141. The van der Waals surface area contributed by atoms with E-state index in [1.54, 1.807) is 0 Å². The van der Waals surface area contributed by atoms with Gasteiger partial charge in [-0.05, 0) is 92.3 Å². The molecule has 1 nitrogen and oxygen atoms in total. The van der Waals surface area contributed by atoms with Crippen LogP contribution in [0.1, 0.15) is 85.9 Å². The van der Waals surface area contributed by atoms with E-state index >= 15 is 0 Å². The largest absolute Gasteiger partial charge is 0.222 e. The van der Waals surface area contributed by atoms with Crippen LogP contribution in [0.25, 0.3) is 43.6 Å². The molecule has 218 valence electrons. The van der Waals surface area contributed by atoms with E-state index in [4.69, 9.17) is 0 Å². The maximum atomic E-state index is 9.17. The molecule has 4 aromatic carbocycles. The summed E-state index contributed by atoms with van der Waals surface area (Å²) in [6.45, 7) is 23.3. The first kappa shape index (κ1) is 28.0. The van der Waals surface area contributed by atoms with Crippen molar-refractivity contribution in [2.75, 3.05) is 0 Å². The summed E-state index contributed by atoms with van der Waals surface area (Å²) in [7, 11) is 2.09. The van der Waals surface area contributed by atoms with E-state index in [2.05, 4.69) is 129 Å². The van der Waals surface area contributed by atoms with E-state index in [-0.39, 0.29) is 16.2 Å². The maximum Gasteiger partial charge on any atom is 0.222 e. The van der Waals surface area contributed by atoms with Crippen LogP contribution in [0.5, 0.6) is 0 Å². The zero-order chi connectivity index (χ0) is 31.2. The number of hydrogen-bond acceptors (Lipinski definition) is 1. The smallest absolute Gasteiger partial charge is 0.200 e. The van der Waals surface area contributed by atoms with Crippen molar-refractivity contribution in [2.45, 2.75) is 98.3 Å². The van der Waals surface area contributed by atoms with Gasteiger partial charge in [-0.1, -0.05) is 110 Å². The standard InChI is InChI=1S/C40H48NS/c1-24-30-18-26(22-39(5,6)7)13-15-28(30)32(23-40(8,9)10)37-34(24)36-35-29(16-17-41(36)11)31-19-25(21-38(2,3)4)12-14-27(31)20-33(35)42-37/h12-20H,21-23H2,1-11H3/q+1/i17D. The van der Waals surface area contributed by atoms with Crippen LogP contribution in [0.3, 0.4) is 0 Å². The molecule has 0 spiro atoms. The van der Waals surface area contributed by atoms with E-state index in [0.717, 1.165) is 19.3 Å². The quantitative estimate of drug-likeness (QED) is 0.150. The van der Waals surface area contributed by atoms with Gasteiger partial charge in [-0.15, -0.1) is 0 Å². The minimum absolute atomic E-state index is 0.141. The van der Waals surface area contributed by atoms with Crippen LogP contribution >= 0.6 is 11.8 Å². The Labute approximate surface area is 259 Å². The molecular weight excluding hydrogens is 527 g/mol. The Morgan fingerprint density at radius 3 is 1.90 bits per heavy atom. The molecule has 0 saturated heterocycles. The van der Waals surface area contributed by atoms with Gasteiger partial charge >= 0.3 is 0 Å². The van der Waals surface area contributed by atoms with E-state index in [9.17, 15) is 1.37 Å². The summed E-state index contributed by atoms with van der Waals surface area (Å²) in [5.74, 6) is 0. The van der Waals surface area contributed by atoms with Crippen LogP contribution in [0.2, 0.25) is 0 Å². The fraction of sp³-hybridized carbons (Fsp3) is 0.425. The molecule has 42 heavy (non-hydrogen) atoms. The fourth-order valence-electron chi connectivity index (χ4n) is 7.01. The molecule has 0 aliphatic carbocycles. The number of nitrogens with zero attached hydrogens (tertiary/aromatic N) is 1. The molecule has 2 heteroatoms. The SMILES string of the molecule is [2H]c1cc2c3c(cc4ccc(CC(C)(C)C)cc42)Sc2c(c(C)c4cc(CC(C)(C)C)ccc4c2CC(C)(C)C)-c3[n+]1C. The zero-order valence-corrected chi connectivity index (χ0v) is 28.4. The van der Waals surface area contributed by atoms with Crippen molar-refractivity contribution in [3.63, 3.8) is 0 Å². The number of pyridine rings is 1. The summed E-state index contributed by atoms with van der Waals surface area (Å²) in [4.78, 5) is 2.68. The summed E-state index contributed by atoms with van der Waals surface area (Å²) in [5.41, 5.74) is 8.65. The predicted molar refractivity (Wildman–Crippen MR) is 184 cm³/mol. The Morgan fingerprint density at radius 2 is 1.29 bits per heavy atom. The molecule has 0 saturated carbocycles. The molecule has 0 N–H and O–H groups in total. The molecule has 1 aromatic heterocycles. The van der Waals surface area contributed by atoms with Gasteiger partial charge in [0.1, 0.15) is 8.42 Å². The second kappa shape index (κ2) is 9.84. The summed E-state index contributed by atoms with van der Waals surface area (Å²) >= 11 is 1.95. The number of aromatic nitrogens is 1. The van der Waals surface area contributed by atoms with Crippen LogP contribution in [-0.2, 0) is 26.3 Å². The number of fused-ring (bicyclic) bond motifs is 5. The fourth-order valence-corrected chi connectivity index (χ4v) is 8.38. The van der Waals surface area contributed by atoms with Gasteiger partial charge in [-0.2, -0.15) is 0 Å². The summed E-state index contributed by atoms with van der Waals surface area (Å²) in [5, 5.41) is 7.77. The molecule has 0 amide bonds. The van der Waals surface area contributed by atoms with Crippen LogP contribution < -0.4 is 4.57 Å². The molecule has 2 heterocycles. The first-order valence-corrected chi connectivity index (χ1v) is 16.4. The van der Waals surface area contributed by atoms with E-state index < -0.39 is 0 Å². The Bertz CT molecular complexity index is 1940. The predicted octanol–water partition coefficient (Wildman–Crippen LogP) is 11.2. The van der Waals surface area contributed by atoms with Gasteiger partial charge in [0.25, 0.3) is 0 Å². The highest BCUT2D eigenvalue weighted by Crippen LogP contribution is 2.53. The molecule has 0 radical (unpaired) electrons. The maximum absolute atomic E-state index is 9.17. The van der Waals surface area contributed by atoms with E-state index in [1.165, 1.54) is 75.6 Å². The third-order valence-corrected chi connectivity index (χ3v) is 9.70. The van der Waals surface area contributed by atoms with Gasteiger partial charge in [0.05, 0.1) is 10.9 Å². The highest BCUT2D eigenvalue weighted by Gasteiger charge is 2.33. The molecule has 5 aromatic rings. The summed E-state index contributed by atoms with van der Waals surface area (Å²) < 4.78 is 11.3. The number of aryl methyl sites for hydroxylation is 1. The van der Waals surface area contributed by atoms with Crippen molar-refractivity contribution in [1.82, 2.24) is 0 Å². The molecule has 0 bridgehead atoms. The topological polar surface area (TPSA) is 3.88 Å². The Morgan fingerprint density at radius 1 is 0.690 bits per heavy atom. The third-order valence-electron chi connectivity index (χ3n) is 8.50.